The van der Waals surface area contributed by atoms with Crippen LogP contribution in [0.2, 0.25) is 5.02 Å². The number of nitrogens with one attached hydrogen (secondary N) is 1. The van der Waals surface area contributed by atoms with Gasteiger partial charge < -0.3 is 14.8 Å². The third kappa shape index (κ3) is 4.75. The van der Waals surface area contributed by atoms with Crippen molar-refractivity contribution in [2.75, 3.05) is 26.1 Å². The lowest BCUT2D eigenvalue weighted by Gasteiger charge is -2.14. The molecule has 0 aliphatic rings. The van der Waals surface area contributed by atoms with E-state index in [1.807, 2.05) is 49.4 Å². The summed E-state index contributed by atoms with van der Waals surface area (Å²) >= 11 is 9.91. The number of hydrogen-bond donors (Lipinski definition) is 1. The fourth-order valence-corrected chi connectivity index (χ4v) is 3.74. The van der Waals surface area contributed by atoms with Crippen molar-refractivity contribution in [1.29, 1.82) is 0 Å². The van der Waals surface area contributed by atoms with E-state index in [-0.39, 0.29) is 0 Å². The summed E-state index contributed by atoms with van der Waals surface area (Å²) in [6.45, 7) is 2.59. The fourth-order valence-electron chi connectivity index (χ4n) is 2.88. The first kappa shape index (κ1) is 20.4. The summed E-state index contributed by atoms with van der Waals surface area (Å²) in [6.07, 6.45) is 0.729. The Morgan fingerprint density at radius 3 is 2.57 bits per heavy atom. The summed E-state index contributed by atoms with van der Waals surface area (Å²) in [5, 5.41) is 3.96. The number of benzene rings is 2. The molecule has 0 aliphatic heterocycles. The molecular weight excluding hydrogens is 442 g/mol. The van der Waals surface area contributed by atoms with Crippen molar-refractivity contribution < 1.29 is 9.47 Å². The Hall–Kier alpha value is -2.31. The minimum Gasteiger partial charge on any atom is -0.497 e. The number of rotatable bonds is 7. The number of hydrogen-bond acceptors (Lipinski definition) is 5. The van der Waals surface area contributed by atoms with Gasteiger partial charge in [0.2, 0.25) is 5.95 Å². The number of methoxy groups -OCH3 is 2. The van der Waals surface area contributed by atoms with Gasteiger partial charge in [-0.3, -0.25) is 0 Å². The second kappa shape index (κ2) is 9.26. The van der Waals surface area contributed by atoms with Crippen LogP contribution in [0.1, 0.15) is 11.3 Å². The molecule has 5 nitrogen and oxygen atoms in total. The number of ether oxygens (including phenoxy) is 2. The van der Waals surface area contributed by atoms with Crippen LogP contribution in [0.5, 0.6) is 11.5 Å². The van der Waals surface area contributed by atoms with Crippen molar-refractivity contribution in [3.8, 4) is 22.8 Å². The zero-order valence-electron chi connectivity index (χ0n) is 15.9. The van der Waals surface area contributed by atoms with E-state index in [0.29, 0.717) is 17.5 Å². The molecule has 0 spiro atoms. The minimum atomic E-state index is 0.568. The normalized spacial score (nSPS) is 10.6. The second-order valence-electron chi connectivity index (χ2n) is 6.16. The lowest BCUT2D eigenvalue weighted by Crippen LogP contribution is -2.10. The Labute approximate surface area is 178 Å². The van der Waals surface area contributed by atoms with E-state index in [0.717, 1.165) is 44.9 Å². The van der Waals surface area contributed by atoms with Gasteiger partial charge in [-0.15, -0.1) is 0 Å². The van der Waals surface area contributed by atoms with E-state index >= 15 is 0 Å². The molecule has 1 heterocycles. The smallest absolute Gasteiger partial charge is 0.223 e. The Kier molecular flexibility index (Phi) is 6.75. The van der Waals surface area contributed by atoms with E-state index in [1.165, 1.54) is 0 Å². The average molecular weight is 463 g/mol. The van der Waals surface area contributed by atoms with Gasteiger partial charge >= 0.3 is 0 Å². The highest BCUT2D eigenvalue weighted by Gasteiger charge is 2.12. The molecule has 0 radical (unpaired) electrons. The first-order chi connectivity index (χ1) is 13.5. The van der Waals surface area contributed by atoms with E-state index in [1.54, 1.807) is 14.2 Å². The van der Waals surface area contributed by atoms with E-state index in [9.17, 15) is 0 Å². The van der Waals surface area contributed by atoms with E-state index < -0.39 is 0 Å². The van der Waals surface area contributed by atoms with Gasteiger partial charge in [-0.05, 0) is 31.5 Å². The third-order valence-corrected chi connectivity index (χ3v) is 5.28. The molecule has 0 bridgehead atoms. The Morgan fingerprint density at radius 1 is 1.07 bits per heavy atom. The summed E-state index contributed by atoms with van der Waals surface area (Å²) in [7, 11) is 3.28. The Balaban J connectivity index is 1.77. The van der Waals surface area contributed by atoms with Crippen LogP contribution in [0.3, 0.4) is 0 Å². The lowest BCUT2D eigenvalue weighted by atomic mass is 10.1. The van der Waals surface area contributed by atoms with Crippen LogP contribution >= 0.6 is 27.5 Å². The Bertz CT molecular complexity index is 982. The molecule has 0 saturated heterocycles. The Morgan fingerprint density at radius 2 is 1.86 bits per heavy atom. The SMILES string of the molecule is COc1cc(Br)c(CCNc2nc(C)cc(-c3ccccc3Cl)n2)c(OC)c1. The monoisotopic (exact) mass is 461 g/mol. The van der Waals surface area contributed by atoms with E-state index in [4.69, 9.17) is 21.1 Å². The maximum Gasteiger partial charge on any atom is 0.223 e. The van der Waals surface area contributed by atoms with Crippen LogP contribution in [0.4, 0.5) is 5.95 Å². The zero-order chi connectivity index (χ0) is 20.1. The van der Waals surface area contributed by atoms with Crippen LogP contribution in [0.15, 0.2) is 46.9 Å². The second-order valence-corrected chi connectivity index (χ2v) is 7.43. The molecule has 1 aromatic heterocycles. The number of nitrogens with zero attached hydrogens (tertiary/aromatic N) is 2. The first-order valence-electron chi connectivity index (χ1n) is 8.76. The molecule has 0 fully saturated rings. The molecule has 3 rings (SSSR count). The maximum absolute atomic E-state index is 6.31. The molecular formula is C21H21BrClN3O2. The molecule has 0 saturated carbocycles. The number of aryl methyl sites for hydroxylation is 1. The predicted octanol–water partition coefficient (Wildman–Crippen LogP) is 5.54. The topological polar surface area (TPSA) is 56.3 Å². The minimum absolute atomic E-state index is 0.568. The standard InChI is InChI=1S/C21H21BrClN3O2/c1-13-10-19(16-6-4-5-7-18(16)23)26-21(25-13)24-9-8-15-17(22)11-14(27-2)12-20(15)28-3/h4-7,10-12H,8-9H2,1-3H3,(H,24,25,26). The predicted molar refractivity (Wildman–Crippen MR) is 117 cm³/mol. The van der Waals surface area contributed by atoms with Crippen molar-refractivity contribution in [3.05, 3.63) is 63.2 Å². The quantitative estimate of drug-likeness (QED) is 0.499. The van der Waals surface area contributed by atoms with Gasteiger partial charge in [0.25, 0.3) is 0 Å². The van der Waals surface area contributed by atoms with Crippen LogP contribution in [-0.4, -0.2) is 30.7 Å². The summed E-state index contributed by atoms with van der Waals surface area (Å²) in [5.74, 6) is 2.08. The lowest BCUT2D eigenvalue weighted by molar-refractivity contribution is 0.390. The molecule has 0 amide bonds. The van der Waals surface area contributed by atoms with Gasteiger partial charge in [0.1, 0.15) is 11.5 Å². The first-order valence-corrected chi connectivity index (χ1v) is 9.93. The van der Waals surface area contributed by atoms with Crippen LogP contribution in [0.25, 0.3) is 11.3 Å². The summed E-state index contributed by atoms with van der Waals surface area (Å²) in [5.41, 5.74) is 3.60. The molecule has 28 heavy (non-hydrogen) atoms. The van der Waals surface area contributed by atoms with Crippen molar-refractivity contribution >= 4 is 33.5 Å². The molecule has 0 atom stereocenters. The molecule has 146 valence electrons. The molecule has 0 unspecified atom stereocenters. The highest BCUT2D eigenvalue weighted by Crippen LogP contribution is 2.33. The van der Waals surface area contributed by atoms with Crippen molar-refractivity contribution in [2.24, 2.45) is 0 Å². The molecule has 3 aromatic rings. The summed E-state index contributed by atoms with van der Waals surface area (Å²) in [4.78, 5) is 9.10. The van der Waals surface area contributed by atoms with Gasteiger partial charge in [0.15, 0.2) is 0 Å². The summed E-state index contributed by atoms with van der Waals surface area (Å²) in [6, 6.07) is 13.4. The molecule has 0 aliphatic carbocycles. The largest absolute Gasteiger partial charge is 0.497 e. The van der Waals surface area contributed by atoms with Gasteiger partial charge in [0, 0.05) is 38.9 Å². The zero-order valence-corrected chi connectivity index (χ0v) is 18.3. The molecule has 1 N–H and O–H groups in total. The van der Waals surface area contributed by atoms with Gasteiger partial charge in [-0.25, -0.2) is 9.97 Å². The number of anilines is 1. The molecule has 7 heteroatoms. The number of aromatic nitrogens is 2. The van der Waals surface area contributed by atoms with Gasteiger partial charge in [-0.1, -0.05) is 45.7 Å². The van der Waals surface area contributed by atoms with Crippen molar-refractivity contribution in [3.63, 3.8) is 0 Å². The fraction of sp³-hybridized carbons (Fsp3) is 0.238. The highest BCUT2D eigenvalue weighted by molar-refractivity contribution is 9.10. The third-order valence-electron chi connectivity index (χ3n) is 4.25. The van der Waals surface area contributed by atoms with Gasteiger partial charge in [-0.2, -0.15) is 0 Å². The molecule has 2 aromatic carbocycles. The van der Waals surface area contributed by atoms with Crippen molar-refractivity contribution in [1.82, 2.24) is 9.97 Å². The van der Waals surface area contributed by atoms with Crippen LogP contribution < -0.4 is 14.8 Å². The van der Waals surface area contributed by atoms with Crippen molar-refractivity contribution in [2.45, 2.75) is 13.3 Å². The number of halogens is 2. The maximum atomic E-state index is 6.31. The van der Waals surface area contributed by atoms with E-state index in [2.05, 4.69) is 31.2 Å². The average Bonchev–Trinajstić information content (AvgIpc) is 2.68. The highest BCUT2D eigenvalue weighted by atomic mass is 79.9. The van der Waals surface area contributed by atoms with Crippen LogP contribution in [-0.2, 0) is 6.42 Å². The van der Waals surface area contributed by atoms with Crippen LogP contribution in [0, 0.1) is 6.92 Å². The van der Waals surface area contributed by atoms with Gasteiger partial charge in [0.05, 0.1) is 19.9 Å². The summed E-state index contributed by atoms with van der Waals surface area (Å²) < 4.78 is 11.7.